The van der Waals surface area contributed by atoms with Gasteiger partial charge in [-0.2, -0.15) is 5.10 Å². The van der Waals surface area contributed by atoms with Crippen LogP contribution in [0, 0.1) is 0 Å². The van der Waals surface area contributed by atoms with Crippen LogP contribution in [-0.4, -0.2) is 46.5 Å². The lowest BCUT2D eigenvalue weighted by atomic mass is 10.1. The second-order valence-corrected chi connectivity index (χ2v) is 5.62. The van der Waals surface area contributed by atoms with Crippen molar-refractivity contribution in [1.29, 1.82) is 0 Å². The van der Waals surface area contributed by atoms with E-state index in [1.807, 2.05) is 4.68 Å². The average molecular weight is 309 g/mol. The number of hydrogen-bond acceptors (Lipinski definition) is 4. The van der Waals surface area contributed by atoms with Crippen LogP contribution in [0.5, 0.6) is 0 Å². The van der Waals surface area contributed by atoms with Crippen LogP contribution in [0.15, 0.2) is 6.20 Å². The molecule has 122 valence electrons. The lowest BCUT2D eigenvalue weighted by molar-refractivity contribution is -0.142. The quantitative estimate of drug-likeness (QED) is 0.675. The molecule has 0 radical (unpaired) electrons. The van der Waals surface area contributed by atoms with Crippen LogP contribution < -0.4 is 5.32 Å². The highest BCUT2D eigenvalue weighted by Crippen LogP contribution is 2.42. The Balaban J connectivity index is 1.95. The number of nitrogens with one attached hydrogen (secondary N) is 1. The van der Waals surface area contributed by atoms with Gasteiger partial charge in [0.1, 0.15) is 6.61 Å². The number of carboxylic acid groups (broad SMARTS) is 1. The molecule has 0 saturated heterocycles. The van der Waals surface area contributed by atoms with Crippen LogP contribution in [-0.2, 0) is 9.53 Å². The lowest BCUT2D eigenvalue weighted by Gasteiger charge is -2.14. The van der Waals surface area contributed by atoms with E-state index in [9.17, 15) is 9.59 Å². The van der Waals surface area contributed by atoms with Crippen molar-refractivity contribution in [3.8, 4) is 0 Å². The molecule has 7 nitrogen and oxygen atoms in total. The highest BCUT2D eigenvalue weighted by Gasteiger charge is 2.33. The number of aromatic nitrogens is 2. The van der Waals surface area contributed by atoms with Gasteiger partial charge in [-0.1, -0.05) is 6.92 Å². The maximum absolute atomic E-state index is 12.3. The third-order valence-electron chi connectivity index (χ3n) is 3.81. The molecule has 0 bridgehead atoms. The number of rotatable bonds is 9. The monoisotopic (exact) mass is 309 g/mol. The number of ether oxygens (including phenoxy) is 1. The molecule has 1 saturated carbocycles. The first-order valence-corrected chi connectivity index (χ1v) is 7.69. The molecule has 1 unspecified atom stereocenters. The zero-order chi connectivity index (χ0) is 16.1. The van der Waals surface area contributed by atoms with E-state index in [1.165, 1.54) is 0 Å². The normalized spacial score (nSPS) is 15.5. The van der Waals surface area contributed by atoms with Gasteiger partial charge in [0.2, 0.25) is 0 Å². The summed E-state index contributed by atoms with van der Waals surface area (Å²) in [6.07, 6.45) is 4.80. The molecule has 1 aliphatic rings. The Hall–Kier alpha value is -1.89. The molecule has 1 atom stereocenters. The summed E-state index contributed by atoms with van der Waals surface area (Å²) in [5, 5.41) is 15.6. The average Bonchev–Trinajstić information content (AvgIpc) is 3.23. The first-order valence-electron chi connectivity index (χ1n) is 7.69. The van der Waals surface area contributed by atoms with E-state index in [0.717, 1.165) is 25.0 Å². The number of carboxylic acids is 1. The van der Waals surface area contributed by atoms with E-state index in [4.69, 9.17) is 9.84 Å². The summed E-state index contributed by atoms with van der Waals surface area (Å²) in [6, 6.07) is 0.274. The first-order chi connectivity index (χ1) is 10.5. The Morgan fingerprint density at radius 3 is 2.86 bits per heavy atom. The first kappa shape index (κ1) is 16.5. The van der Waals surface area contributed by atoms with Crippen molar-refractivity contribution in [3.05, 3.63) is 17.5 Å². The number of aliphatic carboxylic acids is 1. The Bertz CT molecular complexity index is 537. The molecule has 1 aliphatic carbocycles. The van der Waals surface area contributed by atoms with Crippen molar-refractivity contribution in [2.45, 2.75) is 45.1 Å². The summed E-state index contributed by atoms with van der Waals surface area (Å²) in [5.41, 5.74) is 1.65. The molecule has 0 spiro atoms. The zero-order valence-electron chi connectivity index (χ0n) is 13.0. The van der Waals surface area contributed by atoms with Crippen molar-refractivity contribution in [3.63, 3.8) is 0 Å². The predicted octanol–water partition coefficient (Wildman–Crippen LogP) is 1.56. The highest BCUT2D eigenvalue weighted by atomic mass is 16.5. The summed E-state index contributed by atoms with van der Waals surface area (Å²) < 4.78 is 6.86. The predicted molar refractivity (Wildman–Crippen MR) is 80.0 cm³/mol. The molecular formula is C15H23N3O4. The standard InChI is InChI=1S/C15H23N3O4/c1-3-10(2)18-14(11-4-5-11)12(8-17-18)15(21)16-6-7-22-9-13(19)20/h8,10-11H,3-7,9H2,1-2H3,(H,16,21)(H,19,20). The molecular weight excluding hydrogens is 286 g/mol. The minimum Gasteiger partial charge on any atom is -0.480 e. The summed E-state index contributed by atoms with van der Waals surface area (Å²) in [4.78, 5) is 22.6. The van der Waals surface area contributed by atoms with Gasteiger partial charge >= 0.3 is 5.97 Å². The van der Waals surface area contributed by atoms with Gasteiger partial charge in [-0.15, -0.1) is 0 Å². The largest absolute Gasteiger partial charge is 0.480 e. The third-order valence-corrected chi connectivity index (χ3v) is 3.81. The van der Waals surface area contributed by atoms with Crippen molar-refractivity contribution < 1.29 is 19.4 Å². The molecule has 1 aromatic rings. The molecule has 1 heterocycles. The van der Waals surface area contributed by atoms with E-state index in [0.29, 0.717) is 11.5 Å². The summed E-state index contributed by atoms with van der Waals surface area (Å²) in [5.74, 6) is -0.756. The minimum absolute atomic E-state index is 0.171. The van der Waals surface area contributed by atoms with Gasteiger partial charge in [-0.05, 0) is 26.2 Å². The zero-order valence-corrected chi connectivity index (χ0v) is 13.0. The van der Waals surface area contributed by atoms with E-state index < -0.39 is 5.97 Å². The fourth-order valence-electron chi connectivity index (χ4n) is 2.33. The molecule has 1 fully saturated rings. The number of amides is 1. The van der Waals surface area contributed by atoms with Crippen LogP contribution in [0.4, 0.5) is 0 Å². The molecule has 0 aliphatic heterocycles. The fraction of sp³-hybridized carbons (Fsp3) is 0.667. The molecule has 2 N–H and O–H groups in total. The maximum Gasteiger partial charge on any atom is 0.329 e. The topological polar surface area (TPSA) is 93.5 Å². The van der Waals surface area contributed by atoms with Crippen LogP contribution in [0.25, 0.3) is 0 Å². The second-order valence-electron chi connectivity index (χ2n) is 5.62. The SMILES string of the molecule is CCC(C)n1ncc(C(=O)NCCOCC(=O)O)c1C1CC1. The van der Waals surface area contributed by atoms with Gasteiger partial charge in [-0.25, -0.2) is 4.79 Å². The molecule has 22 heavy (non-hydrogen) atoms. The molecule has 2 rings (SSSR count). The van der Waals surface area contributed by atoms with E-state index >= 15 is 0 Å². The van der Waals surface area contributed by atoms with Gasteiger partial charge in [0.05, 0.1) is 24.1 Å². The summed E-state index contributed by atoms with van der Waals surface area (Å²) in [6.45, 7) is 4.30. The Morgan fingerprint density at radius 1 is 1.55 bits per heavy atom. The van der Waals surface area contributed by atoms with Crippen LogP contribution in [0.1, 0.15) is 61.1 Å². The second kappa shape index (κ2) is 7.40. The third kappa shape index (κ3) is 4.07. The molecule has 1 amide bonds. The number of nitrogens with zero attached hydrogens (tertiary/aromatic N) is 2. The maximum atomic E-state index is 12.3. The van der Waals surface area contributed by atoms with Crippen molar-refractivity contribution in [2.75, 3.05) is 19.8 Å². The highest BCUT2D eigenvalue weighted by molar-refractivity contribution is 5.95. The smallest absolute Gasteiger partial charge is 0.329 e. The van der Waals surface area contributed by atoms with Gasteiger partial charge < -0.3 is 15.2 Å². The van der Waals surface area contributed by atoms with Crippen molar-refractivity contribution in [2.24, 2.45) is 0 Å². The van der Waals surface area contributed by atoms with E-state index in [-0.39, 0.29) is 31.7 Å². The molecule has 0 aromatic carbocycles. The Labute approximate surface area is 129 Å². The van der Waals surface area contributed by atoms with Crippen LogP contribution in [0.2, 0.25) is 0 Å². The Morgan fingerprint density at radius 2 is 2.27 bits per heavy atom. The van der Waals surface area contributed by atoms with Crippen molar-refractivity contribution >= 4 is 11.9 Å². The lowest BCUT2D eigenvalue weighted by Crippen LogP contribution is -2.28. The number of hydrogen-bond donors (Lipinski definition) is 2. The molecule has 1 aromatic heterocycles. The van der Waals surface area contributed by atoms with Gasteiger partial charge in [0.25, 0.3) is 5.91 Å². The van der Waals surface area contributed by atoms with E-state index in [1.54, 1.807) is 6.20 Å². The van der Waals surface area contributed by atoms with Gasteiger partial charge in [0.15, 0.2) is 0 Å². The summed E-state index contributed by atoms with van der Waals surface area (Å²) in [7, 11) is 0. The van der Waals surface area contributed by atoms with Crippen LogP contribution in [0.3, 0.4) is 0 Å². The summed E-state index contributed by atoms with van der Waals surface area (Å²) >= 11 is 0. The van der Waals surface area contributed by atoms with Gasteiger partial charge in [-0.3, -0.25) is 9.48 Å². The van der Waals surface area contributed by atoms with E-state index in [2.05, 4.69) is 24.3 Å². The number of carbonyl (C=O) groups is 2. The Kier molecular flexibility index (Phi) is 5.54. The fourth-order valence-corrected chi connectivity index (χ4v) is 2.33. The molecule has 7 heteroatoms. The minimum atomic E-state index is -1.02. The van der Waals surface area contributed by atoms with Gasteiger partial charge in [0, 0.05) is 18.5 Å². The number of carbonyl (C=O) groups excluding carboxylic acids is 1. The van der Waals surface area contributed by atoms with Crippen molar-refractivity contribution in [1.82, 2.24) is 15.1 Å². The van der Waals surface area contributed by atoms with Crippen LogP contribution >= 0.6 is 0 Å².